The molecule has 1 aromatic carbocycles. The zero-order chi connectivity index (χ0) is 14.2. The summed E-state index contributed by atoms with van der Waals surface area (Å²) in [5.74, 6) is -0.341. The van der Waals surface area contributed by atoms with Crippen LogP contribution in [0.3, 0.4) is 0 Å². The van der Waals surface area contributed by atoms with Gasteiger partial charge in [0.2, 0.25) is 5.91 Å². The molecule has 1 aliphatic rings. The van der Waals surface area contributed by atoms with Gasteiger partial charge < -0.3 is 16.0 Å². The lowest BCUT2D eigenvalue weighted by Gasteiger charge is -2.35. The first-order valence-corrected chi connectivity index (χ1v) is 5.80. The number of nitrogens with two attached hydrogens (primary N) is 1. The summed E-state index contributed by atoms with van der Waals surface area (Å²) < 4.78 is 37.9. The van der Waals surface area contributed by atoms with E-state index < -0.39 is 11.7 Å². The average molecular weight is 273 g/mol. The predicted octanol–water partition coefficient (Wildman–Crippen LogP) is 1.81. The molecule has 0 bridgehead atoms. The molecule has 7 heteroatoms. The Hall–Kier alpha value is -1.76. The summed E-state index contributed by atoms with van der Waals surface area (Å²) in [7, 11) is 0. The zero-order valence-electron chi connectivity index (χ0n) is 10.3. The number of nitrogens with one attached hydrogen (secondary N) is 1. The first-order chi connectivity index (χ1) is 8.82. The molecule has 1 heterocycles. The largest absolute Gasteiger partial charge is 0.416 e. The van der Waals surface area contributed by atoms with E-state index in [0.29, 0.717) is 12.2 Å². The Balaban J connectivity index is 2.44. The van der Waals surface area contributed by atoms with Crippen LogP contribution in [0.4, 0.5) is 24.5 Å². The second-order valence-electron chi connectivity index (χ2n) is 4.49. The van der Waals surface area contributed by atoms with Crippen LogP contribution in [0.1, 0.15) is 12.5 Å². The van der Waals surface area contributed by atoms with E-state index in [1.54, 1.807) is 4.90 Å². The lowest BCUT2D eigenvalue weighted by molar-refractivity contribution is -0.137. The van der Waals surface area contributed by atoms with Crippen molar-refractivity contribution in [2.45, 2.75) is 19.1 Å². The molecule has 1 aliphatic heterocycles. The fraction of sp³-hybridized carbons (Fsp3) is 0.417. The van der Waals surface area contributed by atoms with Crippen LogP contribution in [-0.2, 0) is 11.0 Å². The Bertz CT molecular complexity index is 501. The zero-order valence-corrected chi connectivity index (χ0v) is 10.3. The van der Waals surface area contributed by atoms with Gasteiger partial charge in [0.1, 0.15) is 0 Å². The highest BCUT2D eigenvalue weighted by Gasteiger charge is 2.33. The third-order valence-corrected chi connectivity index (χ3v) is 3.09. The molecule has 0 aliphatic carbocycles. The summed E-state index contributed by atoms with van der Waals surface area (Å²) in [5, 5.41) is 2.46. The lowest BCUT2D eigenvalue weighted by atomic mass is 10.1. The van der Waals surface area contributed by atoms with Crippen molar-refractivity contribution in [2.24, 2.45) is 5.73 Å². The Morgan fingerprint density at radius 1 is 1.47 bits per heavy atom. The Morgan fingerprint density at radius 3 is 2.74 bits per heavy atom. The van der Waals surface area contributed by atoms with Gasteiger partial charge in [0.15, 0.2) is 0 Å². The minimum Gasteiger partial charge on any atom is -0.357 e. The molecule has 0 saturated heterocycles. The fourth-order valence-corrected chi connectivity index (χ4v) is 2.01. The van der Waals surface area contributed by atoms with Gasteiger partial charge in [0.05, 0.1) is 23.5 Å². The number of rotatable bonds is 2. The third kappa shape index (κ3) is 2.65. The van der Waals surface area contributed by atoms with Crippen molar-refractivity contribution in [3.05, 3.63) is 23.8 Å². The van der Waals surface area contributed by atoms with Crippen molar-refractivity contribution in [3.63, 3.8) is 0 Å². The maximum atomic E-state index is 12.6. The van der Waals surface area contributed by atoms with Crippen LogP contribution < -0.4 is 16.0 Å². The van der Waals surface area contributed by atoms with Crippen molar-refractivity contribution in [2.75, 3.05) is 23.3 Å². The molecule has 0 radical (unpaired) electrons. The van der Waals surface area contributed by atoms with Gasteiger partial charge in [-0.05, 0) is 25.1 Å². The summed E-state index contributed by atoms with van der Waals surface area (Å²) >= 11 is 0. The van der Waals surface area contributed by atoms with Gasteiger partial charge >= 0.3 is 6.18 Å². The second-order valence-corrected chi connectivity index (χ2v) is 4.49. The lowest BCUT2D eigenvalue weighted by Crippen LogP contribution is -2.46. The quantitative estimate of drug-likeness (QED) is 0.864. The minimum absolute atomic E-state index is 0.0940. The SMILES string of the molecule is CC(CN)N1CC(=O)Nc2cc(C(F)(F)F)ccc21. The van der Waals surface area contributed by atoms with Crippen LogP contribution in [-0.4, -0.2) is 25.0 Å². The van der Waals surface area contributed by atoms with E-state index in [1.165, 1.54) is 6.07 Å². The number of carbonyl (C=O) groups excluding carboxylic acids is 1. The van der Waals surface area contributed by atoms with Gasteiger partial charge in [0.25, 0.3) is 0 Å². The van der Waals surface area contributed by atoms with Crippen LogP contribution >= 0.6 is 0 Å². The normalized spacial score (nSPS) is 16.9. The number of anilines is 2. The van der Waals surface area contributed by atoms with E-state index >= 15 is 0 Å². The van der Waals surface area contributed by atoms with Crippen molar-refractivity contribution in [1.29, 1.82) is 0 Å². The first kappa shape index (κ1) is 13.7. The molecular formula is C12H14F3N3O. The molecule has 104 valence electrons. The van der Waals surface area contributed by atoms with Crippen LogP contribution in [0.2, 0.25) is 0 Å². The molecule has 4 nitrogen and oxygen atoms in total. The number of hydrogen-bond donors (Lipinski definition) is 2. The van der Waals surface area contributed by atoms with Gasteiger partial charge in [-0.25, -0.2) is 0 Å². The van der Waals surface area contributed by atoms with E-state index in [1.807, 2.05) is 6.92 Å². The highest BCUT2D eigenvalue weighted by atomic mass is 19.4. The van der Waals surface area contributed by atoms with Gasteiger partial charge in [-0.15, -0.1) is 0 Å². The monoisotopic (exact) mass is 273 g/mol. The van der Waals surface area contributed by atoms with Crippen LogP contribution in [0.5, 0.6) is 0 Å². The molecule has 0 aromatic heterocycles. The van der Waals surface area contributed by atoms with Gasteiger partial charge in [-0.1, -0.05) is 0 Å². The van der Waals surface area contributed by atoms with Gasteiger partial charge in [-0.3, -0.25) is 4.79 Å². The van der Waals surface area contributed by atoms with Gasteiger partial charge in [-0.2, -0.15) is 13.2 Å². The van der Waals surface area contributed by atoms with Crippen LogP contribution in [0.15, 0.2) is 18.2 Å². The summed E-state index contributed by atoms with van der Waals surface area (Å²) in [6, 6.07) is 3.19. The smallest absolute Gasteiger partial charge is 0.357 e. The molecule has 1 amide bonds. The Morgan fingerprint density at radius 2 is 2.16 bits per heavy atom. The highest BCUT2D eigenvalue weighted by molar-refractivity contribution is 6.01. The van der Waals surface area contributed by atoms with E-state index in [0.717, 1.165) is 12.1 Å². The maximum Gasteiger partial charge on any atom is 0.416 e. The second kappa shape index (κ2) is 4.73. The number of fused-ring (bicyclic) bond motifs is 1. The summed E-state index contributed by atoms with van der Waals surface area (Å²) in [6.07, 6.45) is -4.43. The summed E-state index contributed by atoms with van der Waals surface area (Å²) in [4.78, 5) is 13.2. The number of amides is 1. The molecule has 2 rings (SSSR count). The molecule has 0 spiro atoms. The molecule has 3 N–H and O–H groups in total. The number of benzene rings is 1. The van der Waals surface area contributed by atoms with Gasteiger partial charge in [0, 0.05) is 12.6 Å². The van der Waals surface area contributed by atoms with Crippen molar-refractivity contribution in [3.8, 4) is 0 Å². The van der Waals surface area contributed by atoms with Crippen molar-refractivity contribution < 1.29 is 18.0 Å². The number of alkyl halides is 3. The maximum absolute atomic E-state index is 12.6. The highest BCUT2D eigenvalue weighted by Crippen LogP contribution is 2.37. The fourth-order valence-electron chi connectivity index (χ4n) is 2.01. The van der Waals surface area contributed by atoms with E-state index in [2.05, 4.69) is 5.32 Å². The van der Waals surface area contributed by atoms with E-state index in [4.69, 9.17) is 5.73 Å². The van der Waals surface area contributed by atoms with Crippen LogP contribution in [0, 0.1) is 0 Å². The standard InChI is InChI=1S/C12H14F3N3O/c1-7(5-16)18-6-11(19)17-9-4-8(12(13,14)15)2-3-10(9)18/h2-4,7H,5-6,16H2,1H3,(H,17,19). The van der Waals surface area contributed by atoms with Crippen molar-refractivity contribution in [1.82, 2.24) is 0 Å². The molecular weight excluding hydrogens is 259 g/mol. The molecule has 19 heavy (non-hydrogen) atoms. The van der Waals surface area contributed by atoms with E-state index in [9.17, 15) is 18.0 Å². The Kier molecular flexibility index (Phi) is 3.40. The molecule has 1 unspecified atom stereocenters. The molecule has 0 saturated carbocycles. The first-order valence-electron chi connectivity index (χ1n) is 5.80. The number of hydrogen-bond acceptors (Lipinski definition) is 3. The summed E-state index contributed by atoms with van der Waals surface area (Å²) in [6.45, 7) is 2.23. The topological polar surface area (TPSA) is 58.4 Å². The van der Waals surface area contributed by atoms with Crippen LogP contribution in [0.25, 0.3) is 0 Å². The third-order valence-electron chi connectivity index (χ3n) is 3.09. The number of halogens is 3. The predicted molar refractivity (Wildman–Crippen MR) is 65.9 cm³/mol. The molecule has 0 fully saturated rings. The molecule has 1 aromatic rings. The summed E-state index contributed by atoms with van der Waals surface area (Å²) in [5.41, 5.74) is 5.50. The average Bonchev–Trinajstić information content (AvgIpc) is 2.34. The molecule has 1 atom stereocenters. The Labute approximate surface area is 108 Å². The number of nitrogens with zero attached hydrogens (tertiary/aromatic N) is 1. The van der Waals surface area contributed by atoms with Crippen molar-refractivity contribution >= 4 is 17.3 Å². The van der Waals surface area contributed by atoms with E-state index in [-0.39, 0.29) is 24.2 Å². The number of carbonyl (C=O) groups is 1. The minimum atomic E-state index is -4.43.